The number of esters is 1. The molecule has 0 N–H and O–H groups in total. The molecular weight excluding hydrogens is 188 g/mol. The van der Waals surface area contributed by atoms with Crippen molar-refractivity contribution in [1.82, 2.24) is 0 Å². The summed E-state index contributed by atoms with van der Waals surface area (Å²) in [5.74, 6) is -0.290. The monoisotopic (exact) mass is 204 g/mol. The van der Waals surface area contributed by atoms with E-state index in [1.54, 1.807) is 6.08 Å². The van der Waals surface area contributed by atoms with Crippen LogP contribution in [0.5, 0.6) is 0 Å². The molecule has 0 aliphatic heterocycles. The van der Waals surface area contributed by atoms with E-state index in [-0.39, 0.29) is 5.97 Å². The summed E-state index contributed by atoms with van der Waals surface area (Å²) in [5, 5.41) is 0. The molecular formula is C13H16O2. The molecule has 0 heterocycles. The molecule has 1 aromatic carbocycles. The highest BCUT2D eigenvalue weighted by Crippen LogP contribution is 2.19. The van der Waals surface area contributed by atoms with Crippen LogP contribution in [0.2, 0.25) is 0 Å². The van der Waals surface area contributed by atoms with E-state index in [1.807, 2.05) is 30.3 Å². The van der Waals surface area contributed by atoms with Gasteiger partial charge in [0.05, 0.1) is 7.11 Å². The molecule has 0 saturated heterocycles. The Morgan fingerprint density at radius 2 is 2.00 bits per heavy atom. The average Bonchev–Trinajstić information content (AvgIpc) is 2.29. The van der Waals surface area contributed by atoms with Crippen molar-refractivity contribution in [2.24, 2.45) is 0 Å². The normalized spacial score (nSPS) is 11.2. The summed E-state index contributed by atoms with van der Waals surface area (Å²) in [6.45, 7) is 2.09. The van der Waals surface area contributed by atoms with Crippen LogP contribution >= 0.6 is 0 Å². The maximum atomic E-state index is 11.2. The number of carbonyl (C=O) groups is 1. The van der Waals surface area contributed by atoms with Crippen LogP contribution in [-0.4, -0.2) is 13.1 Å². The van der Waals surface area contributed by atoms with Crippen LogP contribution in [0.1, 0.15) is 25.3 Å². The lowest BCUT2D eigenvalue weighted by Gasteiger charge is -2.05. The van der Waals surface area contributed by atoms with Gasteiger partial charge in [0.15, 0.2) is 0 Å². The zero-order chi connectivity index (χ0) is 11.1. The molecule has 0 aromatic heterocycles. The molecule has 0 amide bonds. The SMILES string of the molecule is CCC/C(=C/C(=O)OC)c1ccccc1. The molecule has 2 heteroatoms. The molecule has 80 valence electrons. The van der Waals surface area contributed by atoms with Crippen LogP contribution in [0.3, 0.4) is 0 Å². The Morgan fingerprint density at radius 3 is 2.53 bits per heavy atom. The van der Waals surface area contributed by atoms with Gasteiger partial charge < -0.3 is 4.74 Å². The molecule has 2 nitrogen and oxygen atoms in total. The molecule has 0 aliphatic rings. The third kappa shape index (κ3) is 3.58. The van der Waals surface area contributed by atoms with Gasteiger partial charge in [-0.3, -0.25) is 0 Å². The summed E-state index contributed by atoms with van der Waals surface area (Å²) in [7, 11) is 1.40. The van der Waals surface area contributed by atoms with Crippen LogP contribution in [0.15, 0.2) is 36.4 Å². The zero-order valence-electron chi connectivity index (χ0n) is 9.19. The second kappa shape index (κ2) is 6.02. The van der Waals surface area contributed by atoms with Gasteiger partial charge in [-0.05, 0) is 17.6 Å². The van der Waals surface area contributed by atoms with Crippen LogP contribution in [0.25, 0.3) is 5.57 Å². The van der Waals surface area contributed by atoms with Crippen molar-refractivity contribution in [1.29, 1.82) is 0 Å². The van der Waals surface area contributed by atoms with Crippen molar-refractivity contribution in [3.05, 3.63) is 42.0 Å². The van der Waals surface area contributed by atoms with E-state index in [1.165, 1.54) is 7.11 Å². The van der Waals surface area contributed by atoms with Gasteiger partial charge in [0.25, 0.3) is 0 Å². The van der Waals surface area contributed by atoms with E-state index in [2.05, 4.69) is 11.7 Å². The van der Waals surface area contributed by atoms with E-state index >= 15 is 0 Å². The molecule has 0 unspecified atom stereocenters. The number of benzene rings is 1. The summed E-state index contributed by atoms with van der Waals surface area (Å²) >= 11 is 0. The Balaban J connectivity index is 2.93. The maximum absolute atomic E-state index is 11.2. The number of allylic oxidation sites excluding steroid dienone is 1. The van der Waals surface area contributed by atoms with Gasteiger partial charge in [0, 0.05) is 6.08 Å². The Hall–Kier alpha value is -1.57. The highest BCUT2D eigenvalue weighted by molar-refractivity contribution is 5.91. The molecule has 0 fully saturated rings. The van der Waals surface area contributed by atoms with Gasteiger partial charge in [0.1, 0.15) is 0 Å². The smallest absolute Gasteiger partial charge is 0.330 e. The lowest BCUT2D eigenvalue weighted by molar-refractivity contribution is -0.134. The summed E-state index contributed by atoms with van der Waals surface area (Å²) in [6, 6.07) is 9.91. The van der Waals surface area contributed by atoms with Crippen LogP contribution < -0.4 is 0 Å². The fourth-order valence-corrected chi connectivity index (χ4v) is 1.42. The number of rotatable bonds is 4. The first-order valence-corrected chi connectivity index (χ1v) is 5.12. The quantitative estimate of drug-likeness (QED) is 0.556. The number of methoxy groups -OCH3 is 1. The minimum absolute atomic E-state index is 0.290. The Bertz CT molecular complexity index is 339. The van der Waals surface area contributed by atoms with E-state index in [4.69, 9.17) is 0 Å². The van der Waals surface area contributed by atoms with Crippen molar-refractivity contribution < 1.29 is 9.53 Å². The van der Waals surface area contributed by atoms with Crippen LogP contribution in [-0.2, 0) is 9.53 Å². The average molecular weight is 204 g/mol. The summed E-state index contributed by atoms with van der Waals surface area (Å²) in [6.07, 6.45) is 3.47. The first-order chi connectivity index (χ1) is 7.27. The predicted octanol–water partition coefficient (Wildman–Crippen LogP) is 3.04. The molecule has 15 heavy (non-hydrogen) atoms. The molecule has 0 saturated carbocycles. The molecule has 0 atom stereocenters. The fourth-order valence-electron chi connectivity index (χ4n) is 1.42. The molecule has 0 bridgehead atoms. The highest BCUT2D eigenvalue weighted by atomic mass is 16.5. The standard InChI is InChI=1S/C13H16O2/c1-3-7-12(10-13(14)15-2)11-8-5-4-6-9-11/h4-6,8-10H,3,7H2,1-2H3/b12-10-. The molecule has 0 aliphatic carbocycles. The summed E-state index contributed by atoms with van der Waals surface area (Å²) in [4.78, 5) is 11.2. The van der Waals surface area contributed by atoms with Crippen molar-refractivity contribution in [3.8, 4) is 0 Å². The number of carbonyl (C=O) groups excluding carboxylic acids is 1. The number of ether oxygens (including phenoxy) is 1. The molecule has 0 radical (unpaired) electrons. The number of hydrogen-bond donors (Lipinski definition) is 0. The molecule has 1 aromatic rings. The predicted molar refractivity (Wildman–Crippen MR) is 61.3 cm³/mol. The third-order valence-electron chi connectivity index (χ3n) is 2.16. The fraction of sp³-hybridized carbons (Fsp3) is 0.308. The minimum Gasteiger partial charge on any atom is -0.466 e. The minimum atomic E-state index is -0.290. The maximum Gasteiger partial charge on any atom is 0.330 e. The first kappa shape index (κ1) is 11.5. The Kier molecular flexibility index (Phi) is 4.61. The van der Waals surface area contributed by atoms with Gasteiger partial charge in [0.2, 0.25) is 0 Å². The topological polar surface area (TPSA) is 26.3 Å². The van der Waals surface area contributed by atoms with E-state index in [9.17, 15) is 4.79 Å². The summed E-state index contributed by atoms with van der Waals surface area (Å²) in [5.41, 5.74) is 2.12. The second-order valence-electron chi connectivity index (χ2n) is 3.31. The van der Waals surface area contributed by atoms with E-state index < -0.39 is 0 Å². The number of hydrogen-bond acceptors (Lipinski definition) is 2. The first-order valence-electron chi connectivity index (χ1n) is 5.12. The molecule has 1 rings (SSSR count). The van der Waals surface area contributed by atoms with Gasteiger partial charge >= 0.3 is 5.97 Å². The van der Waals surface area contributed by atoms with Crippen LogP contribution in [0.4, 0.5) is 0 Å². The highest BCUT2D eigenvalue weighted by Gasteiger charge is 2.03. The van der Waals surface area contributed by atoms with Crippen molar-refractivity contribution >= 4 is 11.5 Å². The lowest BCUT2D eigenvalue weighted by atomic mass is 10.0. The van der Waals surface area contributed by atoms with Gasteiger partial charge in [-0.2, -0.15) is 0 Å². The zero-order valence-corrected chi connectivity index (χ0v) is 9.19. The lowest BCUT2D eigenvalue weighted by Crippen LogP contribution is -1.97. The van der Waals surface area contributed by atoms with Crippen molar-refractivity contribution in [3.63, 3.8) is 0 Å². The Labute approximate surface area is 90.6 Å². The van der Waals surface area contributed by atoms with Gasteiger partial charge in [-0.15, -0.1) is 0 Å². The van der Waals surface area contributed by atoms with Crippen molar-refractivity contribution in [2.75, 3.05) is 7.11 Å². The van der Waals surface area contributed by atoms with Crippen LogP contribution in [0, 0.1) is 0 Å². The van der Waals surface area contributed by atoms with Gasteiger partial charge in [-0.25, -0.2) is 4.79 Å². The molecule has 0 spiro atoms. The largest absolute Gasteiger partial charge is 0.466 e. The summed E-state index contributed by atoms with van der Waals surface area (Å²) < 4.78 is 4.63. The van der Waals surface area contributed by atoms with Gasteiger partial charge in [-0.1, -0.05) is 43.7 Å². The van der Waals surface area contributed by atoms with E-state index in [0.29, 0.717) is 0 Å². The second-order valence-corrected chi connectivity index (χ2v) is 3.31. The van der Waals surface area contributed by atoms with Crippen molar-refractivity contribution in [2.45, 2.75) is 19.8 Å². The Morgan fingerprint density at radius 1 is 1.33 bits per heavy atom. The third-order valence-corrected chi connectivity index (χ3v) is 2.16. The van der Waals surface area contributed by atoms with E-state index in [0.717, 1.165) is 24.0 Å².